The summed E-state index contributed by atoms with van der Waals surface area (Å²) in [4.78, 5) is 34.3. The van der Waals surface area contributed by atoms with Crippen LogP contribution < -0.4 is 10.1 Å². The van der Waals surface area contributed by atoms with E-state index in [-0.39, 0.29) is 17.6 Å². The van der Waals surface area contributed by atoms with Crippen LogP contribution in [0.15, 0.2) is 23.4 Å². The average Bonchev–Trinajstić information content (AvgIpc) is 3.32. The highest BCUT2D eigenvalue weighted by Crippen LogP contribution is 2.40. The predicted octanol–water partition coefficient (Wildman–Crippen LogP) is 5.06. The van der Waals surface area contributed by atoms with Crippen molar-refractivity contribution >= 4 is 51.0 Å². The Labute approximate surface area is 195 Å². The fourth-order valence-electron chi connectivity index (χ4n) is 3.84. The second kappa shape index (κ2) is 9.95. The van der Waals surface area contributed by atoms with Gasteiger partial charge in [0.15, 0.2) is 5.16 Å². The number of H-pyrrole nitrogens is 1. The third kappa shape index (κ3) is 4.94. The van der Waals surface area contributed by atoms with Gasteiger partial charge >= 0.3 is 5.97 Å². The maximum absolute atomic E-state index is 12.7. The number of benzene rings is 1. The molecule has 1 aliphatic carbocycles. The van der Waals surface area contributed by atoms with Gasteiger partial charge < -0.3 is 19.8 Å². The van der Waals surface area contributed by atoms with Crippen LogP contribution in [0.2, 0.25) is 0 Å². The van der Waals surface area contributed by atoms with Crippen LogP contribution in [0.5, 0.6) is 5.75 Å². The van der Waals surface area contributed by atoms with Crippen molar-refractivity contribution in [1.82, 2.24) is 9.97 Å². The lowest BCUT2D eigenvalue weighted by Gasteiger charge is -2.18. The molecule has 1 aromatic carbocycles. The molecule has 32 heavy (non-hydrogen) atoms. The topological polar surface area (TPSA) is 93.3 Å². The van der Waals surface area contributed by atoms with Crippen molar-refractivity contribution in [2.75, 3.05) is 24.3 Å². The number of aromatic nitrogens is 2. The van der Waals surface area contributed by atoms with Gasteiger partial charge in [-0.05, 0) is 56.7 Å². The zero-order chi connectivity index (χ0) is 22.7. The number of esters is 1. The minimum absolute atomic E-state index is 0.178. The SMILES string of the molecule is CCOC(=O)c1c(NC(=O)CSc2nc3ccc(OCC)cc3[nH]2)sc2c1CCC(C)C2. The van der Waals surface area contributed by atoms with Gasteiger partial charge in [0.25, 0.3) is 0 Å². The number of thiophene rings is 1. The van der Waals surface area contributed by atoms with Crippen molar-refractivity contribution in [1.29, 1.82) is 0 Å². The summed E-state index contributed by atoms with van der Waals surface area (Å²) >= 11 is 2.82. The molecule has 1 unspecified atom stereocenters. The fourth-order valence-corrected chi connectivity index (χ4v) is 5.94. The molecule has 3 aromatic rings. The number of hydrogen-bond acceptors (Lipinski definition) is 7. The Morgan fingerprint density at radius 3 is 2.94 bits per heavy atom. The smallest absolute Gasteiger partial charge is 0.341 e. The summed E-state index contributed by atoms with van der Waals surface area (Å²) in [6.07, 6.45) is 2.81. The van der Waals surface area contributed by atoms with E-state index in [1.54, 1.807) is 6.92 Å². The highest BCUT2D eigenvalue weighted by atomic mass is 32.2. The van der Waals surface area contributed by atoms with Gasteiger partial charge in [-0.2, -0.15) is 0 Å². The first kappa shape index (κ1) is 22.7. The van der Waals surface area contributed by atoms with Crippen molar-refractivity contribution < 1.29 is 19.1 Å². The molecule has 1 atom stereocenters. The normalized spacial score (nSPS) is 15.4. The lowest BCUT2D eigenvalue weighted by molar-refractivity contribution is -0.113. The summed E-state index contributed by atoms with van der Waals surface area (Å²) in [5, 5.41) is 4.21. The van der Waals surface area contributed by atoms with Gasteiger partial charge in [-0.3, -0.25) is 4.79 Å². The summed E-state index contributed by atoms with van der Waals surface area (Å²) in [6.45, 7) is 6.85. The molecule has 2 N–H and O–H groups in total. The largest absolute Gasteiger partial charge is 0.494 e. The summed E-state index contributed by atoms with van der Waals surface area (Å²) < 4.78 is 10.8. The van der Waals surface area contributed by atoms with E-state index < -0.39 is 0 Å². The standard InChI is InChI=1S/C23H27N3O4S2/c1-4-29-14-7-9-16-17(11-14)25-23(24-16)31-12-19(27)26-21-20(22(28)30-5-2)15-8-6-13(3)10-18(15)32-21/h7,9,11,13H,4-6,8,10,12H2,1-3H3,(H,24,25)(H,26,27). The highest BCUT2D eigenvalue weighted by Gasteiger charge is 2.29. The number of imidazole rings is 1. The fraction of sp³-hybridized carbons (Fsp3) is 0.435. The Bertz CT molecular complexity index is 1140. The van der Waals surface area contributed by atoms with E-state index in [1.807, 2.05) is 25.1 Å². The second-order valence-corrected chi connectivity index (χ2v) is 9.84. The number of aromatic amines is 1. The minimum atomic E-state index is -0.357. The van der Waals surface area contributed by atoms with E-state index in [9.17, 15) is 9.59 Å². The molecule has 0 spiro atoms. The number of hydrogen-bond donors (Lipinski definition) is 2. The molecule has 0 radical (unpaired) electrons. The number of nitrogens with one attached hydrogen (secondary N) is 2. The van der Waals surface area contributed by atoms with Crippen molar-refractivity contribution in [3.8, 4) is 5.75 Å². The molecule has 0 saturated carbocycles. The number of anilines is 1. The zero-order valence-corrected chi connectivity index (χ0v) is 20.1. The molecule has 1 amide bonds. The number of carbonyl (C=O) groups excluding carboxylic acids is 2. The molecule has 0 bridgehead atoms. The van der Waals surface area contributed by atoms with Crippen LogP contribution in [-0.4, -0.2) is 40.8 Å². The summed E-state index contributed by atoms with van der Waals surface area (Å²) in [5.41, 5.74) is 3.26. The average molecular weight is 474 g/mol. The second-order valence-electron chi connectivity index (χ2n) is 7.77. The molecular weight excluding hydrogens is 446 g/mol. The minimum Gasteiger partial charge on any atom is -0.494 e. The summed E-state index contributed by atoms with van der Waals surface area (Å²) in [5.74, 6) is 0.999. The molecule has 2 heterocycles. The zero-order valence-electron chi connectivity index (χ0n) is 18.4. The monoisotopic (exact) mass is 473 g/mol. The van der Waals surface area contributed by atoms with Crippen LogP contribution in [-0.2, 0) is 22.4 Å². The molecule has 2 aromatic heterocycles. The van der Waals surface area contributed by atoms with Crippen LogP contribution in [0.4, 0.5) is 5.00 Å². The lowest BCUT2D eigenvalue weighted by atomic mass is 9.88. The highest BCUT2D eigenvalue weighted by molar-refractivity contribution is 7.99. The van der Waals surface area contributed by atoms with E-state index in [2.05, 4.69) is 22.2 Å². The molecule has 1 aliphatic rings. The molecule has 0 saturated heterocycles. The van der Waals surface area contributed by atoms with Crippen molar-refractivity contribution in [3.05, 3.63) is 34.2 Å². The molecule has 0 fully saturated rings. The van der Waals surface area contributed by atoms with E-state index >= 15 is 0 Å². The van der Waals surface area contributed by atoms with Crippen LogP contribution in [0.25, 0.3) is 11.0 Å². The van der Waals surface area contributed by atoms with Crippen molar-refractivity contribution in [2.24, 2.45) is 5.92 Å². The van der Waals surface area contributed by atoms with Crippen molar-refractivity contribution in [3.63, 3.8) is 0 Å². The molecular formula is C23H27N3O4S2. The number of amides is 1. The van der Waals surface area contributed by atoms with Gasteiger partial charge in [0, 0.05) is 10.9 Å². The Hall–Kier alpha value is -2.52. The van der Waals surface area contributed by atoms with Crippen LogP contribution in [0.1, 0.15) is 48.0 Å². The van der Waals surface area contributed by atoms with Crippen LogP contribution in [0, 0.1) is 5.92 Å². The number of nitrogens with zero attached hydrogens (tertiary/aromatic N) is 1. The number of fused-ring (bicyclic) bond motifs is 2. The lowest BCUT2D eigenvalue weighted by Crippen LogP contribution is -2.17. The Kier molecular flexibility index (Phi) is 7.05. The first-order chi connectivity index (χ1) is 15.5. The van der Waals surface area contributed by atoms with E-state index in [4.69, 9.17) is 9.47 Å². The van der Waals surface area contributed by atoms with E-state index in [1.165, 1.54) is 28.0 Å². The number of ether oxygens (including phenoxy) is 2. The van der Waals surface area contributed by atoms with Crippen LogP contribution in [0.3, 0.4) is 0 Å². The molecule has 170 valence electrons. The van der Waals surface area contributed by atoms with Gasteiger partial charge in [-0.1, -0.05) is 18.7 Å². The van der Waals surface area contributed by atoms with Gasteiger partial charge in [0.2, 0.25) is 5.91 Å². The van der Waals surface area contributed by atoms with Crippen molar-refractivity contribution in [2.45, 2.75) is 45.2 Å². The summed E-state index contributed by atoms with van der Waals surface area (Å²) in [6, 6.07) is 5.67. The Morgan fingerprint density at radius 2 is 2.16 bits per heavy atom. The predicted molar refractivity (Wildman–Crippen MR) is 128 cm³/mol. The molecule has 0 aliphatic heterocycles. The first-order valence-corrected chi connectivity index (χ1v) is 12.7. The Morgan fingerprint density at radius 1 is 1.31 bits per heavy atom. The van der Waals surface area contributed by atoms with Gasteiger partial charge in [-0.25, -0.2) is 9.78 Å². The first-order valence-electron chi connectivity index (χ1n) is 10.8. The molecule has 7 nitrogen and oxygen atoms in total. The third-order valence-corrected chi connectivity index (χ3v) is 7.37. The number of carbonyl (C=O) groups is 2. The molecule has 4 rings (SSSR count). The number of rotatable bonds is 8. The number of thioether (sulfide) groups is 1. The quantitative estimate of drug-likeness (QED) is 0.351. The molecule has 9 heteroatoms. The van der Waals surface area contributed by atoms with Gasteiger partial charge in [0.05, 0.1) is 35.6 Å². The van der Waals surface area contributed by atoms with Gasteiger partial charge in [0.1, 0.15) is 10.8 Å². The maximum atomic E-state index is 12.7. The third-order valence-electron chi connectivity index (χ3n) is 5.33. The Balaban J connectivity index is 1.46. The summed E-state index contributed by atoms with van der Waals surface area (Å²) in [7, 11) is 0. The van der Waals surface area contributed by atoms with E-state index in [0.717, 1.165) is 41.6 Å². The van der Waals surface area contributed by atoms with Gasteiger partial charge in [-0.15, -0.1) is 11.3 Å². The van der Waals surface area contributed by atoms with E-state index in [0.29, 0.717) is 34.9 Å². The maximum Gasteiger partial charge on any atom is 0.341 e. The van der Waals surface area contributed by atoms with Crippen LogP contribution >= 0.6 is 23.1 Å².